The van der Waals surface area contributed by atoms with Crippen LogP contribution in [0.3, 0.4) is 0 Å². The van der Waals surface area contributed by atoms with Crippen molar-refractivity contribution in [2.75, 3.05) is 0 Å². The molecule has 0 aromatic heterocycles. The molecule has 1 aliphatic carbocycles. The van der Waals surface area contributed by atoms with E-state index >= 15 is 0 Å². The molecule has 0 unspecified atom stereocenters. The zero-order valence-corrected chi connectivity index (χ0v) is 10.2. The minimum atomic E-state index is 0.160. The Hall–Kier alpha value is -1.02. The number of aryl methyl sites for hydroxylation is 1. The Morgan fingerprint density at radius 1 is 1.25 bits per heavy atom. The summed E-state index contributed by atoms with van der Waals surface area (Å²) in [7, 11) is 0. The van der Waals surface area contributed by atoms with Crippen molar-refractivity contribution in [2.45, 2.75) is 51.2 Å². The van der Waals surface area contributed by atoms with Crippen molar-refractivity contribution in [3.05, 3.63) is 29.8 Å². The number of nitrogens with two attached hydrogens (primary N) is 1. The van der Waals surface area contributed by atoms with E-state index in [0.29, 0.717) is 0 Å². The lowest BCUT2D eigenvalue weighted by atomic mass is 10.0. The Morgan fingerprint density at radius 3 is 2.38 bits per heavy atom. The van der Waals surface area contributed by atoms with E-state index in [4.69, 9.17) is 10.5 Å². The Bertz CT molecular complexity index is 338. The van der Waals surface area contributed by atoms with Gasteiger partial charge in [0.15, 0.2) is 0 Å². The topological polar surface area (TPSA) is 35.2 Å². The van der Waals surface area contributed by atoms with Crippen molar-refractivity contribution in [1.82, 2.24) is 0 Å². The predicted octanol–water partition coefficient (Wildman–Crippen LogP) is 2.90. The van der Waals surface area contributed by atoms with Gasteiger partial charge in [0.25, 0.3) is 0 Å². The highest BCUT2D eigenvalue weighted by atomic mass is 16.5. The van der Waals surface area contributed by atoms with Crippen molar-refractivity contribution in [3.8, 4) is 5.75 Å². The highest BCUT2D eigenvalue weighted by Gasteiger charge is 2.37. The SMILES string of the molecule is CC(C)Oc1ccc(CCC2(N)CC2)cc1. The van der Waals surface area contributed by atoms with Gasteiger partial charge < -0.3 is 10.5 Å². The van der Waals surface area contributed by atoms with E-state index in [1.54, 1.807) is 0 Å². The van der Waals surface area contributed by atoms with Crippen LogP contribution in [0.5, 0.6) is 5.75 Å². The Morgan fingerprint density at radius 2 is 1.88 bits per heavy atom. The number of benzene rings is 1. The third kappa shape index (κ3) is 3.24. The van der Waals surface area contributed by atoms with Crippen molar-refractivity contribution >= 4 is 0 Å². The normalized spacial score (nSPS) is 17.5. The summed E-state index contributed by atoms with van der Waals surface area (Å²) in [5.74, 6) is 0.952. The largest absolute Gasteiger partial charge is 0.491 e. The van der Waals surface area contributed by atoms with Gasteiger partial charge in [-0.3, -0.25) is 0 Å². The highest BCUT2D eigenvalue weighted by molar-refractivity contribution is 5.27. The lowest BCUT2D eigenvalue weighted by Gasteiger charge is -2.11. The summed E-state index contributed by atoms with van der Waals surface area (Å²) >= 11 is 0. The second-order valence-electron chi connectivity index (χ2n) is 5.17. The standard InChI is InChI=1S/C14H21NO/c1-11(2)16-13-5-3-12(4-6-13)7-8-14(15)9-10-14/h3-6,11H,7-10,15H2,1-2H3. The molecule has 0 saturated heterocycles. The van der Waals surface area contributed by atoms with Gasteiger partial charge in [-0.05, 0) is 57.2 Å². The first-order valence-corrected chi connectivity index (χ1v) is 6.12. The molecule has 0 spiro atoms. The lowest BCUT2D eigenvalue weighted by molar-refractivity contribution is 0.242. The highest BCUT2D eigenvalue weighted by Crippen LogP contribution is 2.36. The summed E-state index contributed by atoms with van der Waals surface area (Å²) < 4.78 is 5.60. The van der Waals surface area contributed by atoms with E-state index < -0.39 is 0 Å². The fourth-order valence-corrected chi connectivity index (χ4v) is 1.81. The average Bonchev–Trinajstić information content (AvgIpc) is 2.96. The summed E-state index contributed by atoms with van der Waals surface area (Å²) in [5.41, 5.74) is 7.58. The molecular weight excluding hydrogens is 198 g/mol. The monoisotopic (exact) mass is 219 g/mol. The maximum atomic E-state index is 6.07. The van der Waals surface area contributed by atoms with Gasteiger partial charge in [0, 0.05) is 5.54 Å². The molecular formula is C14H21NO. The number of hydrogen-bond acceptors (Lipinski definition) is 2. The molecule has 1 aromatic rings. The van der Waals surface area contributed by atoms with Crippen LogP contribution in [0.2, 0.25) is 0 Å². The van der Waals surface area contributed by atoms with Gasteiger partial charge in [-0.15, -0.1) is 0 Å². The van der Waals surface area contributed by atoms with Crippen LogP contribution in [0.25, 0.3) is 0 Å². The molecule has 2 rings (SSSR count). The first kappa shape index (κ1) is 11.5. The predicted molar refractivity (Wildman–Crippen MR) is 66.7 cm³/mol. The Balaban J connectivity index is 1.86. The van der Waals surface area contributed by atoms with Crippen LogP contribution < -0.4 is 10.5 Å². The maximum absolute atomic E-state index is 6.07. The summed E-state index contributed by atoms with van der Waals surface area (Å²) in [5, 5.41) is 0. The van der Waals surface area contributed by atoms with E-state index in [1.807, 2.05) is 26.0 Å². The first-order chi connectivity index (χ1) is 7.57. The van der Waals surface area contributed by atoms with E-state index in [9.17, 15) is 0 Å². The molecule has 0 bridgehead atoms. The summed E-state index contributed by atoms with van der Waals surface area (Å²) in [6.45, 7) is 4.08. The van der Waals surface area contributed by atoms with Crippen molar-refractivity contribution < 1.29 is 4.74 Å². The Labute approximate surface area is 97.8 Å². The van der Waals surface area contributed by atoms with Gasteiger partial charge in [-0.25, -0.2) is 0 Å². The first-order valence-electron chi connectivity index (χ1n) is 6.12. The van der Waals surface area contributed by atoms with Crippen LogP contribution in [0.1, 0.15) is 38.7 Å². The van der Waals surface area contributed by atoms with Crippen LogP contribution in [-0.2, 0) is 6.42 Å². The second kappa shape index (κ2) is 4.46. The summed E-state index contributed by atoms with van der Waals surface area (Å²) in [6, 6.07) is 8.38. The van der Waals surface area contributed by atoms with Crippen LogP contribution in [0, 0.1) is 0 Å². The van der Waals surface area contributed by atoms with Gasteiger partial charge in [-0.2, -0.15) is 0 Å². The minimum Gasteiger partial charge on any atom is -0.491 e. The number of hydrogen-bond donors (Lipinski definition) is 1. The fraction of sp³-hybridized carbons (Fsp3) is 0.571. The van der Waals surface area contributed by atoms with Crippen LogP contribution in [0.4, 0.5) is 0 Å². The second-order valence-corrected chi connectivity index (χ2v) is 5.17. The molecule has 0 aliphatic heterocycles. The summed E-state index contributed by atoms with van der Waals surface area (Å²) in [6.07, 6.45) is 4.82. The van der Waals surface area contributed by atoms with E-state index in [0.717, 1.165) is 18.6 Å². The number of rotatable bonds is 5. The molecule has 1 aliphatic rings. The lowest BCUT2D eigenvalue weighted by Crippen LogP contribution is -2.22. The van der Waals surface area contributed by atoms with Crippen LogP contribution in [-0.4, -0.2) is 11.6 Å². The minimum absolute atomic E-state index is 0.160. The molecule has 0 heterocycles. The van der Waals surface area contributed by atoms with Gasteiger partial charge in [0.1, 0.15) is 5.75 Å². The van der Waals surface area contributed by atoms with E-state index in [-0.39, 0.29) is 11.6 Å². The van der Waals surface area contributed by atoms with E-state index in [1.165, 1.54) is 18.4 Å². The maximum Gasteiger partial charge on any atom is 0.119 e. The van der Waals surface area contributed by atoms with Crippen LogP contribution in [0.15, 0.2) is 24.3 Å². The number of ether oxygens (including phenoxy) is 1. The molecule has 1 aromatic carbocycles. The smallest absolute Gasteiger partial charge is 0.119 e. The van der Waals surface area contributed by atoms with E-state index in [2.05, 4.69) is 12.1 Å². The molecule has 16 heavy (non-hydrogen) atoms. The third-order valence-corrected chi connectivity index (χ3v) is 3.10. The molecule has 88 valence electrons. The third-order valence-electron chi connectivity index (χ3n) is 3.10. The quantitative estimate of drug-likeness (QED) is 0.826. The molecule has 1 saturated carbocycles. The zero-order valence-electron chi connectivity index (χ0n) is 10.2. The molecule has 2 nitrogen and oxygen atoms in total. The molecule has 0 atom stereocenters. The Kier molecular flexibility index (Phi) is 3.20. The van der Waals surface area contributed by atoms with Gasteiger partial charge in [-0.1, -0.05) is 12.1 Å². The zero-order chi connectivity index (χ0) is 11.6. The fourth-order valence-electron chi connectivity index (χ4n) is 1.81. The molecule has 2 N–H and O–H groups in total. The molecule has 1 fully saturated rings. The van der Waals surface area contributed by atoms with Gasteiger partial charge in [0.2, 0.25) is 0 Å². The van der Waals surface area contributed by atoms with Crippen molar-refractivity contribution in [3.63, 3.8) is 0 Å². The molecule has 0 radical (unpaired) electrons. The van der Waals surface area contributed by atoms with Gasteiger partial charge in [0.05, 0.1) is 6.10 Å². The van der Waals surface area contributed by atoms with Crippen molar-refractivity contribution in [1.29, 1.82) is 0 Å². The molecule has 0 amide bonds. The average molecular weight is 219 g/mol. The van der Waals surface area contributed by atoms with Crippen LogP contribution >= 0.6 is 0 Å². The van der Waals surface area contributed by atoms with Crippen molar-refractivity contribution in [2.24, 2.45) is 5.73 Å². The summed E-state index contributed by atoms with van der Waals surface area (Å²) in [4.78, 5) is 0. The van der Waals surface area contributed by atoms with Gasteiger partial charge >= 0.3 is 0 Å². The molecule has 2 heteroatoms.